The lowest BCUT2D eigenvalue weighted by atomic mass is 9.66. The molecule has 32 heavy (non-hydrogen) atoms. The fraction of sp³-hybridized carbons (Fsp3) is 0.778. The maximum atomic E-state index is 8.53. The van der Waals surface area contributed by atoms with Crippen LogP contribution in [0.4, 0.5) is 0 Å². The second-order valence-corrected chi connectivity index (χ2v) is 12.5. The predicted octanol–water partition coefficient (Wildman–Crippen LogP) is 6.42. The number of nitriles is 1. The quantitative estimate of drug-likeness (QED) is 0.497. The maximum absolute atomic E-state index is 8.53. The SMILES string of the molecule is CC(C)(C)c1cnc(C(C)(C)C)c(C(C)(C)C)c1C(C)(C)C.COCC(C#N)(OC)OC. The lowest BCUT2D eigenvalue weighted by Crippen LogP contribution is -2.36. The highest BCUT2D eigenvalue weighted by molar-refractivity contribution is 5.49. The zero-order valence-corrected chi connectivity index (χ0v) is 23.4. The molecule has 0 atom stereocenters. The van der Waals surface area contributed by atoms with Gasteiger partial charge in [0, 0.05) is 38.6 Å². The Morgan fingerprint density at radius 3 is 1.38 bits per heavy atom. The van der Waals surface area contributed by atoms with E-state index in [0.29, 0.717) is 0 Å². The van der Waals surface area contributed by atoms with E-state index in [1.165, 1.54) is 43.7 Å². The lowest BCUT2D eigenvalue weighted by molar-refractivity contribution is -0.191. The molecule has 0 fully saturated rings. The first kappa shape index (κ1) is 30.5. The molecule has 0 unspecified atom stereocenters. The van der Waals surface area contributed by atoms with Crippen molar-refractivity contribution in [3.63, 3.8) is 0 Å². The van der Waals surface area contributed by atoms with Crippen molar-refractivity contribution in [2.45, 2.75) is 111 Å². The van der Waals surface area contributed by atoms with Crippen LogP contribution in [0.3, 0.4) is 0 Å². The van der Waals surface area contributed by atoms with Crippen LogP contribution in [0.5, 0.6) is 0 Å². The molecule has 0 aromatic carbocycles. The fourth-order valence-corrected chi connectivity index (χ4v) is 3.67. The van der Waals surface area contributed by atoms with E-state index in [1.807, 2.05) is 6.07 Å². The summed E-state index contributed by atoms with van der Waals surface area (Å²) in [5, 5.41) is 8.53. The van der Waals surface area contributed by atoms with E-state index < -0.39 is 5.79 Å². The standard InChI is InChI=1S/C21H37N.C6H11NO3/c1-18(2,3)14-13-22-17(21(10,11)12)16(20(7,8)9)15(14)19(4,5)6;1-8-5-6(4-7,9-2)10-3/h13H,1-12H3;5H2,1-3H3. The molecule has 0 aliphatic heterocycles. The highest BCUT2D eigenvalue weighted by Gasteiger charge is 2.36. The van der Waals surface area contributed by atoms with Crippen molar-refractivity contribution in [2.75, 3.05) is 27.9 Å². The van der Waals surface area contributed by atoms with E-state index in [2.05, 4.69) is 89.3 Å². The molecular formula is C27H48N2O3. The summed E-state index contributed by atoms with van der Waals surface area (Å²) in [6.07, 6.45) is 2.14. The van der Waals surface area contributed by atoms with Gasteiger partial charge in [-0.2, -0.15) is 5.26 Å². The molecule has 0 N–H and O–H groups in total. The molecule has 0 bridgehead atoms. The molecule has 0 aliphatic carbocycles. The predicted molar refractivity (Wildman–Crippen MR) is 133 cm³/mol. The van der Waals surface area contributed by atoms with E-state index in [1.54, 1.807) is 0 Å². The minimum absolute atomic E-state index is 0.0546. The number of nitrogens with zero attached hydrogens (tertiary/aromatic N) is 2. The topological polar surface area (TPSA) is 64.4 Å². The van der Waals surface area contributed by atoms with E-state index in [-0.39, 0.29) is 28.3 Å². The second kappa shape index (κ2) is 10.6. The van der Waals surface area contributed by atoms with Crippen LogP contribution < -0.4 is 0 Å². The van der Waals surface area contributed by atoms with Gasteiger partial charge in [0.25, 0.3) is 5.79 Å². The molecule has 0 amide bonds. The van der Waals surface area contributed by atoms with E-state index in [0.717, 1.165) is 0 Å². The average Bonchev–Trinajstić information content (AvgIpc) is 2.63. The Labute approximate surface area is 197 Å². The highest BCUT2D eigenvalue weighted by atomic mass is 16.7. The Balaban J connectivity index is 0.000000809. The van der Waals surface area contributed by atoms with Crippen LogP contribution in [0, 0.1) is 11.3 Å². The summed E-state index contributed by atoms with van der Waals surface area (Å²) in [6, 6.07) is 1.85. The summed E-state index contributed by atoms with van der Waals surface area (Å²) in [4.78, 5) is 4.96. The Morgan fingerprint density at radius 1 is 0.719 bits per heavy atom. The maximum Gasteiger partial charge on any atom is 0.283 e. The van der Waals surface area contributed by atoms with E-state index >= 15 is 0 Å². The van der Waals surface area contributed by atoms with Gasteiger partial charge >= 0.3 is 0 Å². The highest BCUT2D eigenvalue weighted by Crippen LogP contribution is 2.44. The van der Waals surface area contributed by atoms with Crippen molar-refractivity contribution in [3.8, 4) is 6.07 Å². The summed E-state index contributed by atoms with van der Waals surface area (Å²) in [5.74, 6) is -1.24. The van der Waals surface area contributed by atoms with Crippen LogP contribution in [-0.4, -0.2) is 38.7 Å². The van der Waals surface area contributed by atoms with Crippen LogP contribution in [0.25, 0.3) is 0 Å². The van der Waals surface area contributed by atoms with Gasteiger partial charge in [-0.15, -0.1) is 0 Å². The monoisotopic (exact) mass is 448 g/mol. The normalized spacial score (nSPS) is 13.3. The third-order valence-electron chi connectivity index (χ3n) is 5.26. The van der Waals surface area contributed by atoms with Gasteiger partial charge in [-0.25, -0.2) is 0 Å². The van der Waals surface area contributed by atoms with Gasteiger partial charge < -0.3 is 14.2 Å². The molecule has 1 aromatic rings. The fourth-order valence-electron chi connectivity index (χ4n) is 3.67. The van der Waals surface area contributed by atoms with Crippen LogP contribution in [0.2, 0.25) is 0 Å². The molecule has 0 spiro atoms. The molecule has 0 aliphatic rings. The van der Waals surface area contributed by atoms with Crippen LogP contribution in [0.15, 0.2) is 6.20 Å². The van der Waals surface area contributed by atoms with Crippen LogP contribution in [-0.2, 0) is 35.9 Å². The molecular weight excluding hydrogens is 400 g/mol. The number of methoxy groups -OCH3 is 3. The summed E-state index contributed by atoms with van der Waals surface area (Å²) >= 11 is 0. The van der Waals surface area contributed by atoms with Gasteiger partial charge in [0.15, 0.2) is 0 Å². The molecule has 1 aromatic heterocycles. The molecule has 1 rings (SSSR count). The summed E-state index contributed by atoms with van der Waals surface area (Å²) in [7, 11) is 4.27. The first-order chi connectivity index (χ1) is 14.2. The molecule has 0 saturated carbocycles. The number of pyridine rings is 1. The molecule has 184 valence electrons. The minimum Gasteiger partial charge on any atom is -0.378 e. The van der Waals surface area contributed by atoms with Crippen molar-refractivity contribution in [1.29, 1.82) is 5.26 Å². The largest absolute Gasteiger partial charge is 0.378 e. The van der Waals surface area contributed by atoms with Crippen molar-refractivity contribution >= 4 is 0 Å². The van der Waals surface area contributed by atoms with Crippen molar-refractivity contribution in [1.82, 2.24) is 4.98 Å². The molecule has 0 radical (unpaired) electrons. The summed E-state index contributed by atoms with van der Waals surface area (Å²) < 4.78 is 14.2. The van der Waals surface area contributed by atoms with Gasteiger partial charge in [-0.1, -0.05) is 83.1 Å². The van der Waals surface area contributed by atoms with Gasteiger partial charge in [0.1, 0.15) is 12.7 Å². The molecule has 1 heterocycles. The van der Waals surface area contributed by atoms with Gasteiger partial charge in [-0.3, -0.25) is 4.98 Å². The molecule has 5 heteroatoms. The van der Waals surface area contributed by atoms with Gasteiger partial charge in [0.2, 0.25) is 0 Å². The number of rotatable bonds is 4. The van der Waals surface area contributed by atoms with E-state index in [4.69, 9.17) is 24.5 Å². The summed E-state index contributed by atoms with van der Waals surface area (Å²) in [6.45, 7) is 27.8. The Hall–Kier alpha value is -1.48. The third-order valence-corrected chi connectivity index (χ3v) is 5.26. The first-order valence-corrected chi connectivity index (χ1v) is 11.3. The summed E-state index contributed by atoms with van der Waals surface area (Å²) in [5.41, 5.74) is 5.92. The van der Waals surface area contributed by atoms with Crippen molar-refractivity contribution < 1.29 is 14.2 Å². The Morgan fingerprint density at radius 2 is 1.16 bits per heavy atom. The smallest absolute Gasteiger partial charge is 0.283 e. The third kappa shape index (κ3) is 7.83. The zero-order chi connectivity index (χ0) is 25.8. The number of ether oxygens (including phenoxy) is 3. The van der Waals surface area contributed by atoms with Gasteiger partial charge in [0.05, 0.1) is 0 Å². The second-order valence-electron chi connectivity index (χ2n) is 12.5. The van der Waals surface area contributed by atoms with E-state index in [9.17, 15) is 0 Å². The van der Waals surface area contributed by atoms with Crippen molar-refractivity contribution in [2.24, 2.45) is 0 Å². The molecule has 0 saturated heterocycles. The van der Waals surface area contributed by atoms with Crippen molar-refractivity contribution in [3.05, 3.63) is 28.6 Å². The number of hydrogen-bond donors (Lipinski definition) is 0. The molecule has 5 nitrogen and oxygen atoms in total. The number of hydrogen-bond acceptors (Lipinski definition) is 5. The lowest BCUT2D eigenvalue weighted by Gasteiger charge is -2.39. The van der Waals surface area contributed by atoms with Gasteiger partial charge in [-0.05, 0) is 32.9 Å². The Kier molecular flexibility index (Phi) is 10.1. The number of aromatic nitrogens is 1. The average molecular weight is 449 g/mol. The van der Waals surface area contributed by atoms with Crippen LogP contribution >= 0.6 is 0 Å². The Bertz CT molecular complexity index is 725. The van der Waals surface area contributed by atoms with Crippen LogP contribution in [0.1, 0.15) is 105 Å². The zero-order valence-electron chi connectivity index (χ0n) is 23.4. The first-order valence-electron chi connectivity index (χ1n) is 11.3. The minimum atomic E-state index is -1.24.